The van der Waals surface area contributed by atoms with E-state index in [1.807, 2.05) is 12.1 Å². The second-order valence-electron chi connectivity index (χ2n) is 7.27. The topological polar surface area (TPSA) is 71.3 Å². The molecule has 2 heterocycles. The zero-order valence-corrected chi connectivity index (χ0v) is 16.2. The Bertz CT molecular complexity index is 965. The Morgan fingerprint density at radius 1 is 1.18 bits per heavy atom. The third-order valence-corrected chi connectivity index (χ3v) is 5.26. The van der Waals surface area contributed by atoms with Crippen molar-refractivity contribution in [3.8, 4) is 11.5 Å². The first kappa shape index (κ1) is 18.4. The molecule has 1 amide bonds. The summed E-state index contributed by atoms with van der Waals surface area (Å²) in [6.45, 7) is 6.51. The molecule has 0 radical (unpaired) electrons. The monoisotopic (exact) mass is 376 g/mol. The predicted octanol–water partition coefficient (Wildman–Crippen LogP) is 3.22. The molecular weight excluding hydrogens is 352 g/mol. The summed E-state index contributed by atoms with van der Waals surface area (Å²) in [6, 6.07) is 16.1. The number of benzene rings is 2. The van der Waals surface area contributed by atoms with Crippen molar-refractivity contribution in [3.05, 3.63) is 71.0 Å². The van der Waals surface area contributed by atoms with Gasteiger partial charge in [0.15, 0.2) is 5.82 Å². The van der Waals surface area contributed by atoms with E-state index in [0.29, 0.717) is 23.8 Å². The first-order valence-electron chi connectivity index (χ1n) is 9.60. The number of hydrogen-bond acceptors (Lipinski definition) is 5. The molecule has 0 fully saturated rings. The lowest BCUT2D eigenvalue weighted by Gasteiger charge is -2.33. The fourth-order valence-electron chi connectivity index (χ4n) is 3.54. The predicted molar refractivity (Wildman–Crippen MR) is 107 cm³/mol. The van der Waals surface area contributed by atoms with Gasteiger partial charge in [0.05, 0.1) is 0 Å². The lowest BCUT2D eigenvalue weighted by molar-refractivity contribution is 0.0932. The highest BCUT2D eigenvalue weighted by atomic mass is 16.5. The van der Waals surface area contributed by atoms with Gasteiger partial charge in [-0.1, -0.05) is 29.4 Å². The first-order valence-corrected chi connectivity index (χ1v) is 9.60. The Morgan fingerprint density at radius 2 is 1.93 bits per heavy atom. The standard InChI is InChI=1S/C22H24N4O2/c1-15(26-12-11-17-5-3-4-6-20(17)14-26)13-23-21(27)18-7-9-19(10-8-18)22-24-16(2)25-28-22/h3-10,15H,11-14H2,1-2H3,(H,23,27). The van der Waals surface area contributed by atoms with E-state index in [-0.39, 0.29) is 11.9 Å². The summed E-state index contributed by atoms with van der Waals surface area (Å²) in [5.74, 6) is 0.979. The molecule has 1 aromatic heterocycles. The number of aryl methyl sites for hydroxylation is 1. The van der Waals surface area contributed by atoms with Gasteiger partial charge in [-0.05, 0) is 55.7 Å². The molecule has 6 nitrogen and oxygen atoms in total. The van der Waals surface area contributed by atoms with Gasteiger partial charge in [0.1, 0.15) is 0 Å². The Hall–Kier alpha value is -2.99. The summed E-state index contributed by atoms with van der Waals surface area (Å²) in [6.07, 6.45) is 1.06. The third kappa shape index (κ3) is 3.97. The molecule has 1 unspecified atom stereocenters. The smallest absolute Gasteiger partial charge is 0.257 e. The molecule has 0 saturated heterocycles. The SMILES string of the molecule is Cc1noc(-c2ccc(C(=O)NCC(C)N3CCc4ccccc4C3)cc2)n1. The van der Waals surface area contributed by atoms with E-state index in [1.54, 1.807) is 19.1 Å². The van der Waals surface area contributed by atoms with Crippen molar-refractivity contribution in [1.82, 2.24) is 20.4 Å². The Balaban J connectivity index is 1.33. The number of nitrogens with one attached hydrogen (secondary N) is 1. The minimum atomic E-state index is -0.0717. The third-order valence-electron chi connectivity index (χ3n) is 5.26. The van der Waals surface area contributed by atoms with Crippen molar-refractivity contribution in [2.24, 2.45) is 0 Å². The molecule has 1 aliphatic heterocycles. The van der Waals surface area contributed by atoms with E-state index >= 15 is 0 Å². The highest BCUT2D eigenvalue weighted by Gasteiger charge is 2.21. The number of carbonyl (C=O) groups excluding carboxylic acids is 1. The highest BCUT2D eigenvalue weighted by Crippen LogP contribution is 2.20. The van der Waals surface area contributed by atoms with Crippen LogP contribution < -0.4 is 5.32 Å². The number of hydrogen-bond donors (Lipinski definition) is 1. The second-order valence-corrected chi connectivity index (χ2v) is 7.27. The summed E-state index contributed by atoms with van der Waals surface area (Å²) >= 11 is 0. The maximum Gasteiger partial charge on any atom is 0.257 e. The van der Waals surface area contributed by atoms with Crippen LogP contribution in [0.5, 0.6) is 0 Å². The minimum absolute atomic E-state index is 0.0717. The van der Waals surface area contributed by atoms with E-state index < -0.39 is 0 Å². The van der Waals surface area contributed by atoms with Crippen LogP contribution in [0.3, 0.4) is 0 Å². The summed E-state index contributed by atoms with van der Waals surface area (Å²) in [7, 11) is 0. The molecule has 1 aliphatic rings. The van der Waals surface area contributed by atoms with E-state index in [1.165, 1.54) is 11.1 Å². The molecular formula is C22H24N4O2. The van der Waals surface area contributed by atoms with E-state index in [4.69, 9.17) is 4.52 Å². The number of nitrogens with zero attached hydrogens (tertiary/aromatic N) is 3. The van der Waals surface area contributed by atoms with Gasteiger partial charge in [-0.3, -0.25) is 9.69 Å². The second kappa shape index (κ2) is 7.94. The molecule has 28 heavy (non-hydrogen) atoms. The number of rotatable bonds is 5. The zero-order valence-electron chi connectivity index (χ0n) is 16.2. The van der Waals surface area contributed by atoms with Gasteiger partial charge < -0.3 is 9.84 Å². The van der Waals surface area contributed by atoms with Crippen molar-refractivity contribution in [2.45, 2.75) is 32.9 Å². The fraction of sp³-hybridized carbons (Fsp3) is 0.318. The quantitative estimate of drug-likeness (QED) is 0.740. The minimum Gasteiger partial charge on any atom is -0.350 e. The van der Waals surface area contributed by atoms with Crippen LogP contribution in [0.2, 0.25) is 0 Å². The average molecular weight is 376 g/mol. The zero-order chi connectivity index (χ0) is 19.5. The van der Waals surface area contributed by atoms with Gasteiger partial charge in [-0.15, -0.1) is 0 Å². The molecule has 0 spiro atoms. The van der Waals surface area contributed by atoms with Gasteiger partial charge in [0.25, 0.3) is 11.8 Å². The Labute approximate surface area is 164 Å². The molecule has 2 aromatic carbocycles. The van der Waals surface area contributed by atoms with Gasteiger partial charge in [-0.2, -0.15) is 4.98 Å². The van der Waals surface area contributed by atoms with Gasteiger partial charge in [-0.25, -0.2) is 0 Å². The molecule has 0 saturated carbocycles. The molecule has 0 bridgehead atoms. The Morgan fingerprint density at radius 3 is 2.64 bits per heavy atom. The number of aromatic nitrogens is 2. The van der Waals surface area contributed by atoms with Crippen LogP contribution in [-0.4, -0.2) is 40.1 Å². The molecule has 3 aromatic rings. The maximum absolute atomic E-state index is 12.5. The average Bonchev–Trinajstić information content (AvgIpc) is 3.17. The number of fused-ring (bicyclic) bond motifs is 1. The van der Waals surface area contributed by atoms with E-state index in [9.17, 15) is 4.79 Å². The summed E-state index contributed by atoms with van der Waals surface area (Å²) in [5, 5.41) is 6.84. The molecule has 1 atom stereocenters. The van der Waals surface area contributed by atoms with Crippen LogP contribution in [0.4, 0.5) is 0 Å². The van der Waals surface area contributed by atoms with Crippen molar-refractivity contribution in [3.63, 3.8) is 0 Å². The summed E-state index contributed by atoms with van der Waals surface area (Å²) < 4.78 is 5.15. The number of carbonyl (C=O) groups is 1. The van der Waals surface area contributed by atoms with E-state index in [2.05, 4.69) is 51.5 Å². The molecule has 4 rings (SSSR count). The molecule has 6 heteroatoms. The summed E-state index contributed by atoms with van der Waals surface area (Å²) in [4.78, 5) is 19.1. The highest BCUT2D eigenvalue weighted by molar-refractivity contribution is 5.94. The van der Waals surface area contributed by atoms with Crippen LogP contribution in [-0.2, 0) is 13.0 Å². The van der Waals surface area contributed by atoms with Crippen LogP contribution in [0.1, 0.15) is 34.2 Å². The summed E-state index contributed by atoms with van der Waals surface area (Å²) in [5.41, 5.74) is 4.25. The van der Waals surface area contributed by atoms with Gasteiger partial charge in [0.2, 0.25) is 0 Å². The normalized spacial score (nSPS) is 15.1. The van der Waals surface area contributed by atoms with Crippen molar-refractivity contribution >= 4 is 5.91 Å². The molecule has 0 aliphatic carbocycles. The van der Waals surface area contributed by atoms with Crippen LogP contribution in [0.15, 0.2) is 53.1 Å². The fourth-order valence-corrected chi connectivity index (χ4v) is 3.54. The molecule has 144 valence electrons. The van der Waals surface area contributed by atoms with Crippen LogP contribution >= 0.6 is 0 Å². The van der Waals surface area contributed by atoms with Crippen LogP contribution in [0.25, 0.3) is 11.5 Å². The first-order chi connectivity index (χ1) is 13.6. The lowest BCUT2D eigenvalue weighted by atomic mass is 9.99. The molecule has 1 N–H and O–H groups in total. The van der Waals surface area contributed by atoms with Crippen molar-refractivity contribution in [2.75, 3.05) is 13.1 Å². The lowest BCUT2D eigenvalue weighted by Crippen LogP contribution is -2.44. The van der Waals surface area contributed by atoms with Crippen molar-refractivity contribution < 1.29 is 9.32 Å². The van der Waals surface area contributed by atoms with Crippen LogP contribution in [0, 0.1) is 6.92 Å². The largest absolute Gasteiger partial charge is 0.350 e. The number of amides is 1. The van der Waals surface area contributed by atoms with Gasteiger partial charge >= 0.3 is 0 Å². The van der Waals surface area contributed by atoms with E-state index in [0.717, 1.165) is 25.1 Å². The van der Waals surface area contributed by atoms with Gasteiger partial charge in [0, 0.05) is 36.8 Å². The Kier molecular flexibility index (Phi) is 5.21. The maximum atomic E-state index is 12.5. The van der Waals surface area contributed by atoms with Crippen molar-refractivity contribution in [1.29, 1.82) is 0 Å².